The molecular weight excluding hydrogens is 262 g/mol. The largest absolute Gasteiger partial charge is 0.274 e. The van der Waals surface area contributed by atoms with Gasteiger partial charge in [0.15, 0.2) is 0 Å². The Kier molecular flexibility index (Phi) is 7.93. The predicted octanol–water partition coefficient (Wildman–Crippen LogP) is 4.86. The van der Waals surface area contributed by atoms with E-state index in [1.165, 1.54) is 18.7 Å². The number of hydrogen-bond acceptors (Lipinski definition) is 2. The quantitative estimate of drug-likeness (QED) is 0.797. The summed E-state index contributed by atoms with van der Waals surface area (Å²) < 4.78 is 0. The second-order valence-corrected chi connectivity index (χ2v) is 5.47. The van der Waals surface area contributed by atoms with Crippen LogP contribution in [-0.4, -0.2) is 11.8 Å². The number of rotatable bonds is 3. The van der Waals surface area contributed by atoms with Crippen molar-refractivity contribution in [3.05, 3.63) is 29.3 Å². The molecule has 1 aromatic carbocycles. The minimum Gasteiger partial charge on any atom is -0.274 e. The van der Waals surface area contributed by atoms with Gasteiger partial charge in [0.25, 0.3) is 0 Å². The van der Waals surface area contributed by atoms with Gasteiger partial charge in [0, 0.05) is 13.8 Å². The number of carbonyl (C=O) groups is 2. The minimum atomic E-state index is -0.234. The Balaban J connectivity index is 0.00000191. The van der Waals surface area contributed by atoms with Crippen LogP contribution in [0.2, 0.25) is 0 Å². The molecular formula is C18H29NO2. The van der Waals surface area contributed by atoms with Crippen molar-refractivity contribution in [3.63, 3.8) is 0 Å². The summed E-state index contributed by atoms with van der Waals surface area (Å²) in [5.74, 6) is 0.0507. The molecule has 0 aromatic heterocycles. The number of imide groups is 1. The number of benzene rings is 1. The SMILES string of the molecule is CC.CC(=O)N(C(C)=O)c1c(C(C)C)cccc1C(C)C. The Morgan fingerprint density at radius 1 is 0.857 bits per heavy atom. The molecule has 2 amide bonds. The lowest BCUT2D eigenvalue weighted by Crippen LogP contribution is -2.35. The highest BCUT2D eigenvalue weighted by molar-refractivity contribution is 6.14. The lowest BCUT2D eigenvalue weighted by Gasteiger charge is -2.27. The number of para-hydroxylation sites is 1. The fraction of sp³-hybridized carbons (Fsp3) is 0.556. The number of amides is 2. The van der Waals surface area contributed by atoms with E-state index in [1.807, 2.05) is 32.0 Å². The molecule has 1 rings (SSSR count). The molecule has 0 aliphatic rings. The van der Waals surface area contributed by atoms with Crippen LogP contribution in [-0.2, 0) is 9.59 Å². The summed E-state index contributed by atoms with van der Waals surface area (Å²) >= 11 is 0. The maximum absolute atomic E-state index is 11.8. The van der Waals surface area contributed by atoms with Crippen molar-refractivity contribution in [2.75, 3.05) is 4.90 Å². The Morgan fingerprint density at radius 3 is 1.43 bits per heavy atom. The third-order valence-corrected chi connectivity index (χ3v) is 3.20. The van der Waals surface area contributed by atoms with Gasteiger partial charge in [-0.25, -0.2) is 0 Å². The van der Waals surface area contributed by atoms with Gasteiger partial charge >= 0.3 is 0 Å². The van der Waals surface area contributed by atoms with Crippen LogP contribution in [0.3, 0.4) is 0 Å². The topological polar surface area (TPSA) is 37.4 Å². The number of carbonyl (C=O) groups excluding carboxylic acids is 2. The number of nitrogens with zero attached hydrogens (tertiary/aromatic N) is 1. The lowest BCUT2D eigenvalue weighted by atomic mass is 9.92. The molecule has 0 heterocycles. The van der Waals surface area contributed by atoms with Gasteiger partial charge in [-0.2, -0.15) is 0 Å². The van der Waals surface area contributed by atoms with E-state index in [1.54, 1.807) is 0 Å². The zero-order valence-corrected chi connectivity index (χ0v) is 14.7. The van der Waals surface area contributed by atoms with Crippen LogP contribution < -0.4 is 4.90 Å². The smallest absolute Gasteiger partial charge is 0.230 e. The highest BCUT2D eigenvalue weighted by atomic mass is 16.2. The van der Waals surface area contributed by atoms with Crippen LogP contribution >= 0.6 is 0 Å². The predicted molar refractivity (Wildman–Crippen MR) is 89.8 cm³/mol. The van der Waals surface area contributed by atoms with E-state index in [9.17, 15) is 9.59 Å². The summed E-state index contributed by atoms with van der Waals surface area (Å²) in [6, 6.07) is 5.97. The lowest BCUT2D eigenvalue weighted by molar-refractivity contribution is -0.124. The summed E-state index contributed by atoms with van der Waals surface area (Å²) in [5.41, 5.74) is 2.85. The Labute approximate surface area is 129 Å². The zero-order valence-electron chi connectivity index (χ0n) is 14.7. The van der Waals surface area contributed by atoms with E-state index in [-0.39, 0.29) is 23.7 Å². The first kappa shape index (κ1) is 19.4. The highest BCUT2D eigenvalue weighted by Gasteiger charge is 2.24. The van der Waals surface area contributed by atoms with Crippen molar-refractivity contribution < 1.29 is 9.59 Å². The van der Waals surface area contributed by atoms with Crippen LogP contribution in [0.25, 0.3) is 0 Å². The Hall–Kier alpha value is -1.64. The maximum Gasteiger partial charge on any atom is 0.230 e. The monoisotopic (exact) mass is 291 g/mol. The van der Waals surface area contributed by atoms with Gasteiger partial charge < -0.3 is 0 Å². The summed E-state index contributed by atoms with van der Waals surface area (Å²) in [7, 11) is 0. The van der Waals surface area contributed by atoms with E-state index >= 15 is 0 Å². The van der Waals surface area contributed by atoms with E-state index < -0.39 is 0 Å². The second-order valence-electron chi connectivity index (χ2n) is 5.47. The Morgan fingerprint density at radius 2 is 1.19 bits per heavy atom. The molecule has 0 unspecified atom stereocenters. The molecule has 0 aliphatic heterocycles. The molecule has 0 N–H and O–H groups in total. The fourth-order valence-corrected chi connectivity index (χ4v) is 2.31. The molecule has 3 heteroatoms. The molecule has 0 saturated heterocycles. The Bertz CT molecular complexity index is 450. The van der Waals surface area contributed by atoms with Gasteiger partial charge in [0.2, 0.25) is 11.8 Å². The molecule has 118 valence electrons. The van der Waals surface area contributed by atoms with Crippen LogP contribution in [0.15, 0.2) is 18.2 Å². The molecule has 0 bridgehead atoms. The standard InChI is InChI=1S/C16H23NO2.C2H6/c1-10(2)14-8-7-9-15(11(3)4)16(14)17(12(5)18)13(6)19;1-2/h7-11H,1-6H3;1-2H3. The summed E-state index contributed by atoms with van der Waals surface area (Å²) in [4.78, 5) is 25.0. The first-order valence-corrected chi connectivity index (χ1v) is 7.71. The second kappa shape index (κ2) is 8.60. The zero-order chi connectivity index (χ0) is 16.7. The minimum absolute atomic E-state index is 0.234. The van der Waals surface area contributed by atoms with Crippen LogP contribution in [0.4, 0.5) is 5.69 Å². The summed E-state index contributed by atoms with van der Waals surface area (Å²) in [5, 5.41) is 0. The van der Waals surface area contributed by atoms with E-state index in [0.717, 1.165) is 16.8 Å². The first-order valence-electron chi connectivity index (χ1n) is 7.71. The molecule has 0 fully saturated rings. The number of anilines is 1. The van der Waals surface area contributed by atoms with Gasteiger partial charge in [-0.3, -0.25) is 14.5 Å². The van der Waals surface area contributed by atoms with Crippen molar-refractivity contribution in [2.24, 2.45) is 0 Å². The molecule has 0 aliphatic carbocycles. The normalized spacial score (nSPS) is 10.2. The molecule has 1 aromatic rings. The molecule has 0 atom stereocenters. The highest BCUT2D eigenvalue weighted by Crippen LogP contribution is 2.35. The molecule has 0 radical (unpaired) electrons. The van der Waals surface area contributed by atoms with Gasteiger partial charge in [0.1, 0.15) is 0 Å². The maximum atomic E-state index is 11.8. The third kappa shape index (κ3) is 4.69. The summed E-state index contributed by atoms with van der Waals surface area (Å²) in [6.45, 7) is 15.1. The molecule has 21 heavy (non-hydrogen) atoms. The molecule has 3 nitrogen and oxygen atoms in total. The van der Waals surface area contributed by atoms with Crippen LogP contribution in [0.1, 0.15) is 78.4 Å². The van der Waals surface area contributed by atoms with Crippen molar-refractivity contribution in [2.45, 2.75) is 67.2 Å². The van der Waals surface area contributed by atoms with Crippen molar-refractivity contribution in [3.8, 4) is 0 Å². The van der Waals surface area contributed by atoms with E-state index in [0.29, 0.717) is 0 Å². The van der Waals surface area contributed by atoms with Gasteiger partial charge in [-0.05, 0) is 23.0 Å². The van der Waals surface area contributed by atoms with E-state index in [2.05, 4.69) is 27.7 Å². The van der Waals surface area contributed by atoms with Gasteiger partial charge in [-0.1, -0.05) is 59.7 Å². The van der Waals surface area contributed by atoms with Crippen LogP contribution in [0, 0.1) is 0 Å². The average Bonchev–Trinajstić information content (AvgIpc) is 2.39. The number of hydrogen-bond donors (Lipinski definition) is 0. The van der Waals surface area contributed by atoms with Gasteiger partial charge in [0.05, 0.1) is 5.69 Å². The molecule has 0 saturated carbocycles. The molecule has 0 spiro atoms. The van der Waals surface area contributed by atoms with Crippen LogP contribution in [0.5, 0.6) is 0 Å². The average molecular weight is 291 g/mol. The fourth-order valence-electron chi connectivity index (χ4n) is 2.31. The first-order chi connectivity index (χ1) is 9.77. The van der Waals surface area contributed by atoms with Crippen molar-refractivity contribution in [1.29, 1.82) is 0 Å². The van der Waals surface area contributed by atoms with Crippen molar-refractivity contribution >= 4 is 17.5 Å². The van der Waals surface area contributed by atoms with E-state index in [4.69, 9.17) is 0 Å². The van der Waals surface area contributed by atoms with Crippen molar-refractivity contribution in [1.82, 2.24) is 0 Å². The summed E-state index contributed by atoms with van der Waals surface area (Å²) in [6.07, 6.45) is 0. The third-order valence-electron chi connectivity index (χ3n) is 3.20. The van der Waals surface area contributed by atoms with Gasteiger partial charge in [-0.15, -0.1) is 0 Å².